The van der Waals surface area contributed by atoms with Crippen LogP contribution in [0.15, 0.2) is 35.6 Å². The summed E-state index contributed by atoms with van der Waals surface area (Å²) in [5.74, 6) is -0.207. The van der Waals surface area contributed by atoms with Gasteiger partial charge in [0.25, 0.3) is 5.91 Å². The molecule has 3 rings (SSSR count). The van der Waals surface area contributed by atoms with E-state index in [4.69, 9.17) is 5.14 Å². The number of rotatable bonds is 4. The first-order chi connectivity index (χ1) is 13.6. The fourth-order valence-electron chi connectivity index (χ4n) is 3.21. The maximum absolute atomic E-state index is 13.2. The number of piperidine rings is 1. The van der Waals surface area contributed by atoms with Crippen molar-refractivity contribution in [2.24, 2.45) is 11.1 Å². The van der Waals surface area contributed by atoms with Crippen molar-refractivity contribution in [1.82, 2.24) is 9.97 Å². The van der Waals surface area contributed by atoms with E-state index in [0.29, 0.717) is 19.0 Å². The van der Waals surface area contributed by atoms with Gasteiger partial charge in [0.15, 0.2) is 0 Å². The summed E-state index contributed by atoms with van der Waals surface area (Å²) in [6, 6.07) is 3.54. The first-order valence-electron chi connectivity index (χ1n) is 8.91. The van der Waals surface area contributed by atoms with E-state index in [2.05, 4.69) is 15.3 Å². The molecule has 3 heterocycles. The molecule has 2 unspecified atom stereocenters. The van der Waals surface area contributed by atoms with Gasteiger partial charge in [-0.15, -0.1) is 0 Å². The van der Waals surface area contributed by atoms with Crippen LogP contribution in [-0.4, -0.2) is 33.2 Å². The van der Waals surface area contributed by atoms with Gasteiger partial charge in [-0.05, 0) is 37.0 Å². The van der Waals surface area contributed by atoms with Crippen LogP contribution in [0.5, 0.6) is 0 Å². The van der Waals surface area contributed by atoms with Gasteiger partial charge in [-0.2, -0.15) is 13.2 Å². The molecular formula is C18H20F3N5O2S. The molecule has 0 bridgehead atoms. The lowest BCUT2D eigenvalue weighted by molar-refractivity contribution is -0.137. The number of hydrogen-bond donors (Lipinski definition) is 2. The number of pyridine rings is 2. The highest BCUT2D eigenvalue weighted by atomic mass is 32.2. The number of aromatic nitrogens is 2. The topological polar surface area (TPSA) is 101 Å². The lowest BCUT2D eigenvalue weighted by Gasteiger charge is -2.33. The zero-order chi connectivity index (χ0) is 21.2. The van der Waals surface area contributed by atoms with Crippen LogP contribution in [0.2, 0.25) is 0 Å². The number of nitrogens with one attached hydrogen (secondary N) is 1. The van der Waals surface area contributed by atoms with Gasteiger partial charge in [0.05, 0.1) is 11.1 Å². The Bertz CT molecular complexity index is 938. The number of carbonyl (C=O) groups is 1. The Labute approximate surface area is 168 Å². The number of amides is 1. The molecule has 1 saturated heterocycles. The average Bonchev–Trinajstić information content (AvgIpc) is 2.67. The van der Waals surface area contributed by atoms with Gasteiger partial charge in [0, 0.05) is 31.2 Å². The zero-order valence-corrected chi connectivity index (χ0v) is 16.4. The molecule has 1 fully saturated rings. The van der Waals surface area contributed by atoms with Gasteiger partial charge < -0.3 is 10.2 Å². The summed E-state index contributed by atoms with van der Waals surface area (Å²) in [5, 5.41) is 7.84. The second-order valence-corrected chi connectivity index (χ2v) is 7.93. The molecule has 1 aliphatic rings. The van der Waals surface area contributed by atoms with E-state index < -0.39 is 28.6 Å². The lowest BCUT2D eigenvalue weighted by Crippen LogP contribution is -2.36. The van der Waals surface area contributed by atoms with Gasteiger partial charge in [0.2, 0.25) is 0 Å². The molecule has 156 valence electrons. The molecule has 2 aromatic heterocycles. The first-order valence-corrected chi connectivity index (χ1v) is 10.1. The van der Waals surface area contributed by atoms with Crippen molar-refractivity contribution in [3.05, 3.63) is 41.7 Å². The van der Waals surface area contributed by atoms with Crippen molar-refractivity contribution < 1.29 is 22.2 Å². The van der Waals surface area contributed by atoms with Gasteiger partial charge >= 0.3 is 6.18 Å². The molecule has 0 aliphatic carbocycles. The molecule has 0 aromatic carbocycles. The Hall–Kier alpha value is -2.53. The number of nitrogens with two attached hydrogens (primary N) is 1. The average molecular weight is 427 g/mol. The molecular weight excluding hydrogens is 407 g/mol. The highest BCUT2D eigenvalue weighted by molar-refractivity contribution is 7.82. The van der Waals surface area contributed by atoms with Crippen LogP contribution < -0.4 is 15.4 Å². The predicted octanol–water partition coefficient (Wildman–Crippen LogP) is 2.97. The lowest BCUT2D eigenvalue weighted by atomic mass is 9.99. The van der Waals surface area contributed by atoms with Crippen molar-refractivity contribution in [2.75, 3.05) is 23.3 Å². The van der Waals surface area contributed by atoms with Gasteiger partial charge in [-0.3, -0.25) is 4.79 Å². The van der Waals surface area contributed by atoms with E-state index in [9.17, 15) is 22.2 Å². The zero-order valence-electron chi connectivity index (χ0n) is 15.6. The summed E-state index contributed by atoms with van der Waals surface area (Å²) in [7, 11) is -1.86. The van der Waals surface area contributed by atoms with E-state index in [1.807, 2.05) is 11.8 Å². The Morgan fingerprint density at radius 3 is 2.76 bits per heavy atom. The molecule has 1 amide bonds. The number of alkyl halides is 3. The van der Waals surface area contributed by atoms with E-state index in [-0.39, 0.29) is 22.1 Å². The number of carbonyl (C=O) groups excluding carboxylic acids is 1. The van der Waals surface area contributed by atoms with Crippen molar-refractivity contribution >= 4 is 28.4 Å². The first kappa shape index (κ1) is 21.2. The second-order valence-electron chi connectivity index (χ2n) is 6.92. The van der Waals surface area contributed by atoms with Crippen LogP contribution >= 0.6 is 0 Å². The summed E-state index contributed by atoms with van der Waals surface area (Å²) in [6.45, 7) is 3.25. The molecule has 1 aliphatic heterocycles. The van der Waals surface area contributed by atoms with Crippen LogP contribution in [0, 0.1) is 5.92 Å². The number of nitrogens with zero attached hydrogens (tertiary/aromatic N) is 3. The van der Waals surface area contributed by atoms with Crippen molar-refractivity contribution in [1.29, 1.82) is 0 Å². The highest BCUT2D eigenvalue weighted by Crippen LogP contribution is 2.33. The summed E-state index contributed by atoms with van der Waals surface area (Å²) in [6.07, 6.45) is -0.716. The number of hydrogen-bond acceptors (Lipinski definition) is 5. The van der Waals surface area contributed by atoms with Gasteiger partial charge in [0.1, 0.15) is 21.8 Å². The SMILES string of the molecule is CC1CCCN(c2ncc(C(F)(F)F)cc2C(=O)Nc2ccnc(S(N)=O)c2)C1. The minimum absolute atomic E-state index is 0.0371. The molecule has 2 aromatic rings. The fraction of sp³-hybridized carbons (Fsp3) is 0.389. The third-order valence-electron chi connectivity index (χ3n) is 4.59. The summed E-state index contributed by atoms with van der Waals surface area (Å²) in [4.78, 5) is 22.5. The van der Waals surface area contributed by atoms with E-state index in [1.165, 1.54) is 18.3 Å². The third-order valence-corrected chi connectivity index (χ3v) is 5.23. The van der Waals surface area contributed by atoms with E-state index in [0.717, 1.165) is 25.1 Å². The maximum atomic E-state index is 13.2. The van der Waals surface area contributed by atoms with Crippen molar-refractivity contribution in [3.8, 4) is 0 Å². The monoisotopic (exact) mass is 427 g/mol. The normalized spacial score (nSPS) is 18.4. The molecule has 11 heteroatoms. The largest absolute Gasteiger partial charge is 0.417 e. The van der Waals surface area contributed by atoms with E-state index in [1.54, 1.807) is 0 Å². The minimum Gasteiger partial charge on any atom is -0.356 e. The standard InChI is InChI=1S/C18H20F3N5O2S/c1-11-3-2-6-26(10-11)16-14(7-12(9-24-16)18(19,20)21)17(27)25-13-4-5-23-15(8-13)29(22)28/h4-5,7-9,11H,2-3,6,10,22H2,1H3,(H,23,25,27). The fourth-order valence-corrected chi connectivity index (χ4v) is 3.62. The Balaban J connectivity index is 1.97. The number of halogens is 3. The smallest absolute Gasteiger partial charge is 0.356 e. The molecule has 0 spiro atoms. The van der Waals surface area contributed by atoms with Crippen LogP contribution in [0.4, 0.5) is 24.7 Å². The van der Waals surface area contributed by atoms with Crippen LogP contribution in [0.25, 0.3) is 0 Å². The molecule has 2 atom stereocenters. The Morgan fingerprint density at radius 1 is 1.34 bits per heavy atom. The summed E-state index contributed by atoms with van der Waals surface area (Å²) >= 11 is 0. The third kappa shape index (κ3) is 5.10. The minimum atomic E-state index is -4.63. The van der Waals surface area contributed by atoms with Crippen LogP contribution in [0.3, 0.4) is 0 Å². The summed E-state index contributed by atoms with van der Waals surface area (Å²) < 4.78 is 51.0. The van der Waals surface area contributed by atoms with E-state index >= 15 is 0 Å². The summed E-state index contributed by atoms with van der Waals surface area (Å²) in [5.41, 5.74) is -0.967. The predicted molar refractivity (Wildman–Crippen MR) is 103 cm³/mol. The molecule has 7 nitrogen and oxygen atoms in total. The quantitative estimate of drug-likeness (QED) is 0.781. The van der Waals surface area contributed by atoms with Crippen LogP contribution in [0.1, 0.15) is 35.7 Å². The van der Waals surface area contributed by atoms with Crippen molar-refractivity contribution in [2.45, 2.75) is 31.0 Å². The Kier molecular flexibility index (Phi) is 6.18. The maximum Gasteiger partial charge on any atom is 0.417 e. The highest BCUT2D eigenvalue weighted by Gasteiger charge is 2.33. The Morgan fingerprint density at radius 2 is 2.10 bits per heavy atom. The van der Waals surface area contributed by atoms with Gasteiger partial charge in [-0.25, -0.2) is 19.3 Å². The van der Waals surface area contributed by atoms with Crippen LogP contribution in [-0.2, 0) is 17.2 Å². The van der Waals surface area contributed by atoms with Crippen molar-refractivity contribution in [3.63, 3.8) is 0 Å². The molecule has 29 heavy (non-hydrogen) atoms. The molecule has 3 N–H and O–H groups in total. The molecule has 0 radical (unpaired) electrons. The number of anilines is 2. The van der Waals surface area contributed by atoms with Gasteiger partial charge in [-0.1, -0.05) is 6.92 Å². The molecule has 0 saturated carbocycles. The second kappa shape index (κ2) is 8.46.